The lowest BCUT2D eigenvalue weighted by Crippen LogP contribution is -2.42. The Morgan fingerprint density at radius 3 is 2.29 bits per heavy atom. The number of carboxylic acids is 1. The molecule has 0 saturated carbocycles. The van der Waals surface area contributed by atoms with Crippen LogP contribution in [0.15, 0.2) is 54.6 Å². The van der Waals surface area contributed by atoms with Crippen LogP contribution >= 0.6 is 11.6 Å². The predicted molar refractivity (Wildman–Crippen MR) is 80.5 cm³/mol. The molecule has 0 aliphatic rings. The lowest BCUT2D eigenvalue weighted by Gasteiger charge is -2.15. The molecule has 0 aliphatic heterocycles. The molecule has 2 aromatic rings. The largest absolute Gasteiger partial charge is 0.480 e. The molecule has 0 fully saturated rings. The summed E-state index contributed by atoms with van der Waals surface area (Å²) in [5.74, 6) is -1.52. The second kappa shape index (κ2) is 6.90. The summed E-state index contributed by atoms with van der Waals surface area (Å²) in [5, 5.41) is 12.3. The standard InChI is InChI=1S/C16H14ClNO3/c17-13-9-5-4-8-12(13)10-14(16(20)21)18-15(19)11-6-2-1-3-7-11/h1-9,14H,10H2,(H,18,19)(H,20,21). The Balaban J connectivity index is 2.12. The number of carbonyl (C=O) groups is 2. The Hall–Kier alpha value is -2.33. The maximum atomic E-state index is 12.0. The molecule has 2 aromatic carbocycles. The summed E-state index contributed by atoms with van der Waals surface area (Å²) < 4.78 is 0. The first-order chi connectivity index (χ1) is 10.1. The number of amides is 1. The van der Waals surface area contributed by atoms with Crippen molar-refractivity contribution in [2.24, 2.45) is 0 Å². The minimum Gasteiger partial charge on any atom is -0.480 e. The van der Waals surface area contributed by atoms with Gasteiger partial charge >= 0.3 is 5.97 Å². The molecule has 0 aromatic heterocycles. The monoisotopic (exact) mass is 303 g/mol. The van der Waals surface area contributed by atoms with Crippen LogP contribution in [0.4, 0.5) is 0 Å². The summed E-state index contributed by atoms with van der Waals surface area (Å²) in [7, 11) is 0. The van der Waals surface area contributed by atoms with Gasteiger partial charge in [0.2, 0.25) is 0 Å². The lowest BCUT2D eigenvalue weighted by molar-refractivity contribution is -0.139. The summed E-state index contributed by atoms with van der Waals surface area (Å²) in [4.78, 5) is 23.4. The van der Waals surface area contributed by atoms with E-state index in [4.69, 9.17) is 11.6 Å². The first-order valence-corrected chi connectivity index (χ1v) is 6.78. The van der Waals surface area contributed by atoms with Crippen molar-refractivity contribution < 1.29 is 14.7 Å². The van der Waals surface area contributed by atoms with Crippen LogP contribution in [0, 0.1) is 0 Å². The van der Waals surface area contributed by atoms with E-state index in [1.54, 1.807) is 54.6 Å². The minimum absolute atomic E-state index is 0.133. The zero-order valence-electron chi connectivity index (χ0n) is 11.1. The number of benzene rings is 2. The summed E-state index contributed by atoms with van der Waals surface area (Å²) in [6, 6.07) is 14.4. The van der Waals surface area contributed by atoms with Crippen molar-refractivity contribution in [3.63, 3.8) is 0 Å². The normalized spacial score (nSPS) is 11.7. The highest BCUT2D eigenvalue weighted by molar-refractivity contribution is 6.31. The van der Waals surface area contributed by atoms with Gasteiger partial charge in [0.1, 0.15) is 6.04 Å². The molecule has 2 rings (SSSR count). The highest BCUT2D eigenvalue weighted by Gasteiger charge is 2.21. The van der Waals surface area contributed by atoms with Gasteiger partial charge in [-0.15, -0.1) is 0 Å². The molecule has 5 heteroatoms. The van der Waals surface area contributed by atoms with Crippen LogP contribution in [0.2, 0.25) is 5.02 Å². The van der Waals surface area contributed by atoms with Crippen LogP contribution in [-0.4, -0.2) is 23.0 Å². The van der Waals surface area contributed by atoms with Gasteiger partial charge in [0, 0.05) is 17.0 Å². The molecule has 4 nitrogen and oxygen atoms in total. The molecule has 0 saturated heterocycles. The highest BCUT2D eigenvalue weighted by Crippen LogP contribution is 2.17. The smallest absolute Gasteiger partial charge is 0.326 e. The number of hydrogen-bond acceptors (Lipinski definition) is 2. The summed E-state index contributed by atoms with van der Waals surface area (Å²) in [6.07, 6.45) is 0.133. The number of aliphatic carboxylic acids is 1. The molecule has 1 amide bonds. The quantitative estimate of drug-likeness (QED) is 0.892. The zero-order valence-corrected chi connectivity index (χ0v) is 11.9. The van der Waals surface area contributed by atoms with Crippen LogP contribution < -0.4 is 5.32 Å². The second-order valence-electron chi connectivity index (χ2n) is 4.53. The van der Waals surface area contributed by atoms with Gasteiger partial charge in [-0.25, -0.2) is 4.79 Å². The van der Waals surface area contributed by atoms with Crippen molar-refractivity contribution >= 4 is 23.5 Å². The Bertz CT molecular complexity index is 643. The van der Waals surface area contributed by atoms with Crippen LogP contribution in [0.1, 0.15) is 15.9 Å². The summed E-state index contributed by atoms with van der Waals surface area (Å²) >= 11 is 6.02. The first kappa shape index (κ1) is 15.1. The second-order valence-corrected chi connectivity index (χ2v) is 4.93. The average molecular weight is 304 g/mol. The van der Waals surface area contributed by atoms with Gasteiger partial charge < -0.3 is 10.4 Å². The van der Waals surface area contributed by atoms with Gasteiger partial charge in [-0.2, -0.15) is 0 Å². The van der Waals surface area contributed by atoms with Crippen molar-refractivity contribution in [1.82, 2.24) is 5.32 Å². The van der Waals surface area contributed by atoms with Gasteiger partial charge in [0.15, 0.2) is 0 Å². The van der Waals surface area contributed by atoms with Gasteiger partial charge in [0.25, 0.3) is 5.91 Å². The third kappa shape index (κ3) is 4.07. The fourth-order valence-electron chi connectivity index (χ4n) is 1.92. The highest BCUT2D eigenvalue weighted by atomic mass is 35.5. The van der Waals surface area contributed by atoms with Crippen LogP contribution in [0.3, 0.4) is 0 Å². The van der Waals surface area contributed by atoms with E-state index in [9.17, 15) is 14.7 Å². The fraction of sp³-hybridized carbons (Fsp3) is 0.125. The molecule has 2 N–H and O–H groups in total. The average Bonchev–Trinajstić information content (AvgIpc) is 2.49. The van der Waals surface area contributed by atoms with Crippen molar-refractivity contribution in [1.29, 1.82) is 0 Å². The Labute approximate surface area is 127 Å². The van der Waals surface area contributed by atoms with Gasteiger partial charge in [0.05, 0.1) is 0 Å². The number of carbonyl (C=O) groups excluding carboxylic acids is 1. The third-order valence-corrected chi connectivity index (χ3v) is 3.39. The molecular formula is C16H14ClNO3. The van der Waals surface area contributed by atoms with Crippen LogP contribution in [0.25, 0.3) is 0 Å². The lowest BCUT2D eigenvalue weighted by atomic mass is 10.1. The number of nitrogens with one attached hydrogen (secondary N) is 1. The van der Waals surface area contributed by atoms with E-state index in [1.807, 2.05) is 0 Å². The van der Waals surface area contributed by atoms with Gasteiger partial charge in [-0.05, 0) is 23.8 Å². The van der Waals surface area contributed by atoms with Gasteiger partial charge in [-0.3, -0.25) is 4.79 Å². The molecule has 0 radical (unpaired) electrons. The third-order valence-electron chi connectivity index (χ3n) is 3.02. The maximum Gasteiger partial charge on any atom is 0.326 e. The SMILES string of the molecule is O=C(NC(Cc1ccccc1Cl)C(=O)O)c1ccccc1. The molecule has 0 aliphatic carbocycles. The van der Waals surface area contributed by atoms with Crippen molar-refractivity contribution in [2.45, 2.75) is 12.5 Å². The van der Waals surface area contributed by atoms with E-state index in [0.717, 1.165) is 0 Å². The number of hydrogen-bond donors (Lipinski definition) is 2. The number of rotatable bonds is 5. The molecule has 108 valence electrons. The molecule has 0 heterocycles. The van der Waals surface area contributed by atoms with Crippen molar-refractivity contribution in [3.8, 4) is 0 Å². The molecule has 0 bridgehead atoms. The molecule has 1 unspecified atom stereocenters. The predicted octanol–water partition coefficient (Wildman–Crippen LogP) is 2.77. The van der Waals surface area contributed by atoms with Crippen molar-refractivity contribution in [3.05, 3.63) is 70.7 Å². The van der Waals surface area contributed by atoms with Crippen LogP contribution in [-0.2, 0) is 11.2 Å². The number of halogens is 1. The Morgan fingerprint density at radius 2 is 1.67 bits per heavy atom. The topological polar surface area (TPSA) is 66.4 Å². The molecule has 0 spiro atoms. The number of carboxylic acid groups (broad SMARTS) is 1. The van der Waals surface area contributed by atoms with E-state index in [-0.39, 0.29) is 6.42 Å². The molecular weight excluding hydrogens is 290 g/mol. The molecule has 21 heavy (non-hydrogen) atoms. The Kier molecular flexibility index (Phi) is 4.95. The van der Waals surface area contributed by atoms with E-state index < -0.39 is 17.9 Å². The zero-order chi connectivity index (χ0) is 15.2. The summed E-state index contributed by atoms with van der Waals surface area (Å²) in [6.45, 7) is 0. The van der Waals surface area contributed by atoms with Gasteiger partial charge in [-0.1, -0.05) is 48.0 Å². The molecule has 1 atom stereocenters. The van der Waals surface area contributed by atoms with Crippen molar-refractivity contribution in [2.75, 3.05) is 0 Å². The minimum atomic E-state index is -1.10. The van der Waals surface area contributed by atoms with Crippen LogP contribution in [0.5, 0.6) is 0 Å². The Morgan fingerprint density at radius 1 is 1.05 bits per heavy atom. The maximum absolute atomic E-state index is 12.0. The van der Waals surface area contributed by atoms with E-state index in [0.29, 0.717) is 16.1 Å². The van der Waals surface area contributed by atoms with E-state index in [2.05, 4.69) is 5.32 Å². The fourth-order valence-corrected chi connectivity index (χ4v) is 2.13. The summed E-state index contributed by atoms with van der Waals surface area (Å²) in [5.41, 5.74) is 1.10. The first-order valence-electron chi connectivity index (χ1n) is 6.40. The van der Waals surface area contributed by atoms with E-state index in [1.165, 1.54) is 0 Å². The van der Waals surface area contributed by atoms with E-state index >= 15 is 0 Å².